The van der Waals surface area contributed by atoms with Crippen molar-refractivity contribution < 1.29 is 9.84 Å². The predicted octanol–water partition coefficient (Wildman–Crippen LogP) is 2.21. The zero-order valence-electron chi connectivity index (χ0n) is 12.4. The number of hydrogen-bond acceptors (Lipinski definition) is 4. The second-order valence-corrected chi connectivity index (χ2v) is 5.26. The Balaban J connectivity index is 1.90. The average Bonchev–Trinajstić information content (AvgIpc) is 2.73. The third-order valence-corrected chi connectivity index (χ3v) is 3.88. The number of hydrogen-bond donors (Lipinski definition) is 2. The summed E-state index contributed by atoms with van der Waals surface area (Å²) in [6, 6.07) is 7.38. The van der Waals surface area contributed by atoms with Crippen molar-refractivity contribution in [2.24, 2.45) is 7.05 Å². The van der Waals surface area contributed by atoms with Gasteiger partial charge in [-0.25, -0.2) is 0 Å². The van der Waals surface area contributed by atoms with Crippen molar-refractivity contribution in [1.82, 2.24) is 15.1 Å². The van der Waals surface area contributed by atoms with E-state index < -0.39 is 6.10 Å². The van der Waals surface area contributed by atoms with Crippen molar-refractivity contribution in [1.29, 1.82) is 0 Å². The van der Waals surface area contributed by atoms with Crippen LogP contribution in [0.15, 0.2) is 24.3 Å². The van der Waals surface area contributed by atoms with Crippen LogP contribution in [-0.4, -0.2) is 28.5 Å². The summed E-state index contributed by atoms with van der Waals surface area (Å²) in [5, 5.41) is 18.2. The molecule has 0 saturated heterocycles. The van der Waals surface area contributed by atoms with Crippen LogP contribution in [0.5, 0.6) is 5.75 Å². The van der Waals surface area contributed by atoms with Crippen molar-refractivity contribution in [3.8, 4) is 5.75 Å². The highest BCUT2D eigenvalue weighted by atomic mass is 35.5. The molecule has 21 heavy (non-hydrogen) atoms. The number of nitrogens with one attached hydrogen (secondary N) is 1. The van der Waals surface area contributed by atoms with E-state index in [-0.39, 0.29) is 0 Å². The molecule has 0 spiro atoms. The van der Waals surface area contributed by atoms with Crippen molar-refractivity contribution in [3.63, 3.8) is 0 Å². The summed E-state index contributed by atoms with van der Waals surface area (Å²) in [4.78, 5) is 0. The first-order valence-electron chi connectivity index (χ1n) is 6.73. The van der Waals surface area contributed by atoms with Gasteiger partial charge in [0.05, 0.1) is 18.9 Å². The molecule has 5 nitrogen and oxygen atoms in total. The summed E-state index contributed by atoms with van der Waals surface area (Å²) in [6.45, 7) is 2.94. The highest BCUT2D eigenvalue weighted by Crippen LogP contribution is 2.19. The number of aliphatic hydroxyl groups excluding tert-OH is 1. The van der Waals surface area contributed by atoms with E-state index in [1.54, 1.807) is 11.8 Å². The van der Waals surface area contributed by atoms with E-state index in [1.165, 1.54) is 0 Å². The van der Waals surface area contributed by atoms with E-state index in [0.29, 0.717) is 18.2 Å². The maximum absolute atomic E-state index is 10.1. The Labute approximate surface area is 129 Å². The van der Waals surface area contributed by atoms with Crippen LogP contribution in [0.4, 0.5) is 0 Å². The second-order valence-electron chi connectivity index (χ2n) is 4.90. The van der Waals surface area contributed by atoms with Crippen LogP contribution in [0.1, 0.15) is 22.9 Å². The van der Waals surface area contributed by atoms with Gasteiger partial charge < -0.3 is 15.2 Å². The van der Waals surface area contributed by atoms with E-state index in [9.17, 15) is 5.11 Å². The lowest BCUT2D eigenvalue weighted by Gasteiger charge is -2.12. The molecule has 0 bridgehead atoms. The molecule has 0 aliphatic carbocycles. The van der Waals surface area contributed by atoms with Crippen molar-refractivity contribution >= 4 is 11.6 Å². The lowest BCUT2D eigenvalue weighted by molar-refractivity contribution is 0.174. The smallest absolute Gasteiger partial charge is 0.131 e. The van der Waals surface area contributed by atoms with Gasteiger partial charge >= 0.3 is 0 Å². The highest BCUT2D eigenvalue weighted by Gasteiger charge is 2.12. The fourth-order valence-corrected chi connectivity index (χ4v) is 2.39. The first-order chi connectivity index (χ1) is 10.0. The van der Waals surface area contributed by atoms with Gasteiger partial charge in [0.15, 0.2) is 0 Å². The molecule has 2 rings (SSSR count). The van der Waals surface area contributed by atoms with Gasteiger partial charge in [-0.1, -0.05) is 23.7 Å². The van der Waals surface area contributed by atoms with Crippen LogP contribution in [-0.2, 0) is 13.6 Å². The SMILES string of the molecule is COc1ccc(C(O)CNCc2c(C)nn(C)c2Cl)cc1. The maximum Gasteiger partial charge on any atom is 0.131 e. The number of benzene rings is 1. The van der Waals surface area contributed by atoms with E-state index in [1.807, 2.05) is 38.2 Å². The molecular formula is C15H20ClN3O2. The normalized spacial score (nSPS) is 12.4. The number of halogens is 1. The van der Waals surface area contributed by atoms with Gasteiger partial charge in [-0.05, 0) is 24.6 Å². The van der Waals surface area contributed by atoms with Crippen LogP contribution < -0.4 is 10.1 Å². The van der Waals surface area contributed by atoms with Crippen LogP contribution in [0, 0.1) is 6.92 Å². The topological polar surface area (TPSA) is 59.3 Å². The molecular weight excluding hydrogens is 290 g/mol. The number of ether oxygens (including phenoxy) is 1. The van der Waals surface area contributed by atoms with E-state index >= 15 is 0 Å². The molecule has 2 aromatic rings. The van der Waals surface area contributed by atoms with Gasteiger partial charge in [-0.3, -0.25) is 4.68 Å². The summed E-state index contributed by atoms with van der Waals surface area (Å²) in [7, 11) is 3.43. The molecule has 1 atom stereocenters. The molecule has 1 unspecified atom stereocenters. The molecule has 0 fully saturated rings. The third-order valence-electron chi connectivity index (χ3n) is 3.41. The number of aromatic nitrogens is 2. The monoisotopic (exact) mass is 309 g/mol. The minimum Gasteiger partial charge on any atom is -0.497 e. The molecule has 1 heterocycles. The van der Waals surface area contributed by atoms with Crippen LogP contribution >= 0.6 is 11.6 Å². The van der Waals surface area contributed by atoms with Gasteiger partial charge in [-0.15, -0.1) is 0 Å². The van der Waals surface area contributed by atoms with Gasteiger partial charge in [0, 0.05) is 25.7 Å². The molecule has 0 aliphatic heterocycles. The minimum atomic E-state index is -0.577. The second kappa shape index (κ2) is 6.93. The summed E-state index contributed by atoms with van der Waals surface area (Å²) in [5.41, 5.74) is 2.70. The zero-order valence-corrected chi connectivity index (χ0v) is 13.2. The Morgan fingerprint density at radius 1 is 1.38 bits per heavy atom. The Hall–Kier alpha value is -1.56. The maximum atomic E-state index is 10.1. The summed E-state index contributed by atoms with van der Waals surface area (Å²) in [6.07, 6.45) is -0.577. The number of methoxy groups -OCH3 is 1. The quantitative estimate of drug-likeness (QED) is 0.859. The first kappa shape index (κ1) is 15.8. The average molecular weight is 310 g/mol. The van der Waals surface area contributed by atoms with Crippen molar-refractivity contribution in [2.75, 3.05) is 13.7 Å². The van der Waals surface area contributed by atoms with Gasteiger partial charge in [0.1, 0.15) is 10.9 Å². The summed E-state index contributed by atoms with van der Waals surface area (Å²) < 4.78 is 6.74. The molecule has 1 aromatic carbocycles. The first-order valence-corrected chi connectivity index (χ1v) is 7.11. The van der Waals surface area contributed by atoms with Crippen LogP contribution in [0.25, 0.3) is 0 Å². The molecule has 2 N–H and O–H groups in total. The van der Waals surface area contributed by atoms with Crippen LogP contribution in [0.2, 0.25) is 5.15 Å². The Morgan fingerprint density at radius 2 is 2.05 bits per heavy atom. The fourth-order valence-electron chi connectivity index (χ4n) is 2.15. The Morgan fingerprint density at radius 3 is 2.57 bits per heavy atom. The molecule has 0 radical (unpaired) electrons. The van der Waals surface area contributed by atoms with E-state index in [2.05, 4.69) is 10.4 Å². The lowest BCUT2D eigenvalue weighted by Crippen LogP contribution is -2.21. The Bertz CT molecular complexity index is 596. The third kappa shape index (κ3) is 3.75. The van der Waals surface area contributed by atoms with Crippen LogP contribution in [0.3, 0.4) is 0 Å². The van der Waals surface area contributed by atoms with E-state index in [4.69, 9.17) is 16.3 Å². The summed E-state index contributed by atoms with van der Waals surface area (Å²) >= 11 is 6.16. The van der Waals surface area contributed by atoms with Gasteiger partial charge in [-0.2, -0.15) is 5.10 Å². The molecule has 0 saturated carbocycles. The predicted molar refractivity (Wildman–Crippen MR) is 82.6 cm³/mol. The molecule has 6 heteroatoms. The highest BCUT2D eigenvalue weighted by molar-refractivity contribution is 6.30. The van der Waals surface area contributed by atoms with E-state index in [0.717, 1.165) is 22.6 Å². The molecule has 1 aromatic heterocycles. The van der Waals surface area contributed by atoms with Crippen molar-refractivity contribution in [3.05, 3.63) is 46.2 Å². The number of rotatable bonds is 6. The molecule has 0 aliphatic rings. The fraction of sp³-hybridized carbons (Fsp3) is 0.400. The minimum absolute atomic E-state index is 0.441. The molecule has 114 valence electrons. The molecule has 0 amide bonds. The largest absolute Gasteiger partial charge is 0.497 e. The number of aryl methyl sites for hydroxylation is 2. The van der Waals surface area contributed by atoms with Gasteiger partial charge in [0.25, 0.3) is 0 Å². The zero-order chi connectivity index (χ0) is 15.4. The van der Waals surface area contributed by atoms with Crippen molar-refractivity contribution in [2.45, 2.75) is 19.6 Å². The lowest BCUT2D eigenvalue weighted by atomic mass is 10.1. The standard InChI is InChI=1S/C15H20ClN3O2/c1-10-13(15(16)19(2)18-10)8-17-9-14(20)11-4-6-12(21-3)7-5-11/h4-7,14,17,20H,8-9H2,1-3H3. The summed E-state index contributed by atoms with van der Waals surface area (Å²) in [5.74, 6) is 0.775. The van der Waals surface area contributed by atoms with Gasteiger partial charge in [0.2, 0.25) is 0 Å². The Kier molecular flexibility index (Phi) is 5.22. The number of nitrogens with zero attached hydrogens (tertiary/aromatic N) is 2. The number of aliphatic hydroxyl groups is 1.